The molecule has 2 aromatic carbocycles. The van der Waals surface area contributed by atoms with Gasteiger partial charge in [0.05, 0.1) is 16.9 Å². The lowest BCUT2D eigenvalue weighted by atomic mass is 10.1. The third-order valence-corrected chi connectivity index (χ3v) is 4.91. The van der Waals surface area contributed by atoms with Gasteiger partial charge in [-0.3, -0.25) is 9.36 Å². The number of aromatic nitrogens is 2. The highest BCUT2D eigenvalue weighted by Crippen LogP contribution is 2.19. The first-order valence-corrected chi connectivity index (χ1v) is 9.00. The summed E-state index contributed by atoms with van der Waals surface area (Å²) in [7, 11) is 3.38. The van der Waals surface area contributed by atoms with Crippen molar-refractivity contribution in [3.8, 4) is 0 Å². The third-order valence-electron chi connectivity index (χ3n) is 4.91. The van der Waals surface area contributed by atoms with Crippen molar-refractivity contribution in [2.45, 2.75) is 26.3 Å². The fourth-order valence-corrected chi connectivity index (χ4v) is 2.99. The summed E-state index contributed by atoms with van der Waals surface area (Å²) in [5.74, 6) is 0.540. The second-order valence-corrected chi connectivity index (χ2v) is 6.62. The average Bonchev–Trinajstić information content (AvgIpc) is 2.70. The number of nitrogens with one attached hydrogen (secondary N) is 1. The molecule has 0 saturated heterocycles. The van der Waals surface area contributed by atoms with Crippen LogP contribution in [0.4, 0.5) is 10.5 Å². The Balaban J connectivity index is 1.84. The number of carbonyl (C=O) groups excluding carboxylic acids is 1. The van der Waals surface area contributed by atoms with Gasteiger partial charge in [-0.05, 0) is 43.2 Å². The maximum atomic E-state index is 12.6. The van der Waals surface area contributed by atoms with Crippen molar-refractivity contribution >= 4 is 22.6 Å². The summed E-state index contributed by atoms with van der Waals surface area (Å²) < 4.78 is 1.51. The summed E-state index contributed by atoms with van der Waals surface area (Å²) in [4.78, 5) is 31.4. The highest BCUT2D eigenvalue weighted by Gasteiger charge is 2.22. The molecular formula is C21H24N4O2. The van der Waals surface area contributed by atoms with E-state index in [1.807, 2.05) is 49.4 Å². The van der Waals surface area contributed by atoms with E-state index in [0.717, 1.165) is 12.1 Å². The molecule has 1 atom stereocenters. The van der Waals surface area contributed by atoms with Crippen LogP contribution in [-0.4, -0.2) is 27.5 Å². The van der Waals surface area contributed by atoms with Crippen LogP contribution < -0.4 is 10.9 Å². The quantitative estimate of drug-likeness (QED) is 0.767. The SMILES string of the molecule is CCc1ccc(NC(=O)N(C)[C@H](C)c2nc3ccccc3c(=O)n2C)cc1. The van der Waals surface area contributed by atoms with E-state index in [1.165, 1.54) is 10.1 Å². The molecule has 1 aromatic heterocycles. The van der Waals surface area contributed by atoms with Crippen LogP contribution in [0.3, 0.4) is 0 Å². The number of benzene rings is 2. The van der Waals surface area contributed by atoms with Crippen molar-refractivity contribution in [1.29, 1.82) is 0 Å². The predicted octanol–water partition coefficient (Wildman–Crippen LogP) is 3.72. The first kappa shape index (κ1) is 18.6. The fraction of sp³-hybridized carbons (Fsp3) is 0.286. The lowest BCUT2D eigenvalue weighted by Crippen LogP contribution is -2.37. The van der Waals surface area contributed by atoms with E-state index in [4.69, 9.17) is 0 Å². The molecule has 1 heterocycles. The monoisotopic (exact) mass is 364 g/mol. The molecule has 3 aromatic rings. The summed E-state index contributed by atoms with van der Waals surface area (Å²) in [6.45, 7) is 3.94. The normalized spacial score (nSPS) is 12.0. The van der Waals surface area contributed by atoms with E-state index >= 15 is 0 Å². The number of fused-ring (bicyclic) bond motifs is 1. The first-order valence-electron chi connectivity index (χ1n) is 9.00. The Labute approximate surface area is 158 Å². The van der Waals surface area contributed by atoms with E-state index < -0.39 is 0 Å². The van der Waals surface area contributed by atoms with E-state index in [-0.39, 0.29) is 17.6 Å². The molecule has 140 valence electrons. The Morgan fingerprint density at radius 3 is 2.52 bits per heavy atom. The van der Waals surface area contributed by atoms with Crippen LogP contribution >= 0.6 is 0 Å². The lowest BCUT2D eigenvalue weighted by molar-refractivity contribution is 0.205. The van der Waals surface area contributed by atoms with Crippen LogP contribution in [0, 0.1) is 0 Å². The smallest absolute Gasteiger partial charge is 0.318 e. The topological polar surface area (TPSA) is 67.2 Å². The molecule has 0 aliphatic heterocycles. The maximum Gasteiger partial charge on any atom is 0.322 e. The number of hydrogen-bond donors (Lipinski definition) is 1. The van der Waals surface area contributed by atoms with Gasteiger partial charge < -0.3 is 10.2 Å². The zero-order valence-electron chi connectivity index (χ0n) is 16.1. The van der Waals surface area contributed by atoms with Crippen molar-refractivity contribution < 1.29 is 4.79 Å². The minimum Gasteiger partial charge on any atom is -0.318 e. The molecule has 6 heteroatoms. The molecule has 1 N–H and O–H groups in total. The van der Waals surface area contributed by atoms with Gasteiger partial charge in [-0.2, -0.15) is 0 Å². The summed E-state index contributed by atoms with van der Waals surface area (Å²) in [6.07, 6.45) is 0.951. The first-order chi connectivity index (χ1) is 12.9. The number of urea groups is 1. The van der Waals surface area contributed by atoms with E-state index in [2.05, 4.69) is 17.2 Å². The standard InChI is InChI=1S/C21H24N4O2/c1-5-15-10-12-16(13-11-15)22-21(27)24(3)14(2)19-23-18-9-7-6-8-17(18)20(26)25(19)4/h6-14H,5H2,1-4H3,(H,22,27)/t14-/m1/s1. The van der Waals surface area contributed by atoms with Crippen LogP contribution in [0.2, 0.25) is 0 Å². The molecule has 0 radical (unpaired) electrons. The molecule has 0 saturated carbocycles. The Kier molecular flexibility index (Phi) is 5.26. The van der Waals surface area contributed by atoms with Gasteiger partial charge in [0, 0.05) is 19.8 Å². The predicted molar refractivity (Wildman–Crippen MR) is 108 cm³/mol. The highest BCUT2D eigenvalue weighted by molar-refractivity contribution is 5.89. The zero-order valence-corrected chi connectivity index (χ0v) is 16.1. The maximum absolute atomic E-state index is 12.6. The lowest BCUT2D eigenvalue weighted by Gasteiger charge is -2.26. The number of aryl methyl sites for hydroxylation is 1. The molecule has 0 bridgehead atoms. The van der Waals surface area contributed by atoms with E-state index in [9.17, 15) is 9.59 Å². The zero-order chi connectivity index (χ0) is 19.6. The van der Waals surface area contributed by atoms with Crippen LogP contribution in [-0.2, 0) is 13.5 Å². The van der Waals surface area contributed by atoms with Crippen molar-refractivity contribution in [1.82, 2.24) is 14.5 Å². The Bertz CT molecular complexity index is 1020. The van der Waals surface area contributed by atoms with Crippen LogP contribution in [0.1, 0.15) is 31.3 Å². The molecule has 0 fully saturated rings. The van der Waals surface area contributed by atoms with Crippen molar-refractivity contribution in [3.63, 3.8) is 0 Å². The van der Waals surface area contributed by atoms with Gasteiger partial charge in [-0.15, -0.1) is 0 Å². The summed E-state index contributed by atoms with van der Waals surface area (Å²) >= 11 is 0. The van der Waals surface area contributed by atoms with E-state index in [0.29, 0.717) is 16.7 Å². The van der Waals surface area contributed by atoms with Crippen LogP contribution in [0.25, 0.3) is 10.9 Å². The van der Waals surface area contributed by atoms with E-state index in [1.54, 1.807) is 25.1 Å². The molecule has 0 aliphatic carbocycles. The Hall–Kier alpha value is -3.15. The van der Waals surface area contributed by atoms with Crippen molar-refractivity contribution in [3.05, 3.63) is 70.3 Å². The van der Waals surface area contributed by atoms with Gasteiger partial charge in [-0.25, -0.2) is 9.78 Å². The number of para-hydroxylation sites is 1. The number of amides is 2. The average molecular weight is 364 g/mol. The number of anilines is 1. The second kappa shape index (κ2) is 7.61. The molecule has 2 amide bonds. The van der Waals surface area contributed by atoms with Gasteiger partial charge >= 0.3 is 6.03 Å². The van der Waals surface area contributed by atoms with Gasteiger partial charge in [-0.1, -0.05) is 31.2 Å². The Morgan fingerprint density at radius 2 is 1.85 bits per heavy atom. The van der Waals surface area contributed by atoms with Gasteiger partial charge in [0.25, 0.3) is 5.56 Å². The molecular weight excluding hydrogens is 340 g/mol. The van der Waals surface area contributed by atoms with Crippen molar-refractivity contribution in [2.24, 2.45) is 7.05 Å². The largest absolute Gasteiger partial charge is 0.322 e. The molecule has 0 aliphatic rings. The molecule has 6 nitrogen and oxygen atoms in total. The van der Waals surface area contributed by atoms with Gasteiger partial charge in [0.2, 0.25) is 0 Å². The van der Waals surface area contributed by atoms with Crippen molar-refractivity contribution in [2.75, 3.05) is 12.4 Å². The minimum atomic E-state index is -0.373. The Morgan fingerprint density at radius 1 is 1.19 bits per heavy atom. The summed E-state index contributed by atoms with van der Waals surface area (Å²) in [5, 5.41) is 3.46. The molecule has 0 spiro atoms. The third kappa shape index (κ3) is 3.69. The minimum absolute atomic E-state index is 0.119. The summed E-state index contributed by atoms with van der Waals surface area (Å²) in [6, 6.07) is 14.4. The molecule has 3 rings (SSSR count). The van der Waals surface area contributed by atoms with Gasteiger partial charge in [0.1, 0.15) is 5.82 Å². The number of rotatable bonds is 4. The number of carbonyl (C=O) groups is 1. The highest BCUT2D eigenvalue weighted by atomic mass is 16.2. The number of nitrogens with zero attached hydrogens (tertiary/aromatic N) is 3. The molecule has 27 heavy (non-hydrogen) atoms. The summed E-state index contributed by atoms with van der Waals surface area (Å²) in [5.41, 5.74) is 2.46. The number of hydrogen-bond acceptors (Lipinski definition) is 3. The fourth-order valence-electron chi connectivity index (χ4n) is 2.99. The van der Waals surface area contributed by atoms with Crippen LogP contribution in [0.15, 0.2) is 53.3 Å². The van der Waals surface area contributed by atoms with Crippen LogP contribution in [0.5, 0.6) is 0 Å². The molecule has 0 unspecified atom stereocenters. The van der Waals surface area contributed by atoms with Gasteiger partial charge in [0.15, 0.2) is 0 Å². The second-order valence-electron chi connectivity index (χ2n) is 6.62.